The molecule has 2 aromatic heterocycles. The zero-order valence-electron chi connectivity index (χ0n) is 21.6. The van der Waals surface area contributed by atoms with Crippen LogP contribution >= 0.6 is 0 Å². The van der Waals surface area contributed by atoms with E-state index in [2.05, 4.69) is 10.1 Å². The Morgan fingerprint density at radius 2 is 1.92 bits per heavy atom. The molecule has 0 bridgehead atoms. The first-order valence-electron chi connectivity index (χ1n) is 12.2. The van der Waals surface area contributed by atoms with Gasteiger partial charge in [-0.1, -0.05) is 20.3 Å². The lowest BCUT2D eigenvalue weighted by Gasteiger charge is -2.22. The van der Waals surface area contributed by atoms with E-state index in [1.165, 1.54) is 19.1 Å². The molecule has 37 heavy (non-hydrogen) atoms. The zero-order chi connectivity index (χ0) is 27.2. The molecule has 3 aromatic rings. The predicted octanol–water partition coefficient (Wildman–Crippen LogP) is 2.22. The Balaban J connectivity index is 2.15. The minimum absolute atomic E-state index is 0.0523. The fraction of sp³-hybridized carbons (Fsp3) is 0.480. The summed E-state index contributed by atoms with van der Waals surface area (Å²) in [6.07, 6.45) is 2.27. The van der Waals surface area contributed by atoms with E-state index in [4.69, 9.17) is 9.47 Å². The van der Waals surface area contributed by atoms with E-state index in [1.54, 1.807) is 23.9 Å². The van der Waals surface area contributed by atoms with E-state index in [0.29, 0.717) is 40.9 Å². The number of aromatic amines is 1. The van der Waals surface area contributed by atoms with Gasteiger partial charge in [0.1, 0.15) is 17.9 Å². The second-order valence-corrected chi connectivity index (χ2v) is 10.5. The average Bonchev–Trinajstić information content (AvgIpc) is 3.17. The van der Waals surface area contributed by atoms with Gasteiger partial charge in [0.15, 0.2) is 0 Å². The molecule has 0 atom stereocenters. The van der Waals surface area contributed by atoms with Crippen molar-refractivity contribution in [3.05, 3.63) is 40.3 Å². The maximum absolute atomic E-state index is 13.5. The molecule has 0 fully saturated rings. The third-order valence-electron chi connectivity index (χ3n) is 5.74. The van der Waals surface area contributed by atoms with Gasteiger partial charge in [0.25, 0.3) is 5.56 Å². The van der Waals surface area contributed by atoms with Crippen molar-refractivity contribution in [3.63, 3.8) is 0 Å². The number of hydrogen-bond donors (Lipinski definition) is 2. The molecule has 0 spiro atoms. The van der Waals surface area contributed by atoms with Gasteiger partial charge in [-0.25, -0.2) is 8.42 Å². The van der Waals surface area contributed by atoms with Crippen molar-refractivity contribution < 1.29 is 27.8 Å². The number of carbonyl (C=O) groups excluding carboxylic acids is 1. The van der Waals surface area contributed by atoms with Gasteiger partial charge in [0.2, 0.25) is 10.0 Å². The van der Waals surface area contributed by atoms with Crippen LogP contribution in [0.15, 0.2) is 34.0 Å². The maximum atomic E-state index is 13.5. The average molecular weight is 535 g/mol. The summed E-state index contributed by atoms with van der Waals surface area (Å²) >= 11 is 0. The van der Waals surface area contributed by atoms with Crippen LogP contribution in [-0.2, 0) is 33.0 Å². The van der Waals surface area contributed by atoms with E-state index >= 15 is 0 Å². The van der Waals surface area contributed by atoms with E-state index < -0.39 is 22.6 Å². The fourth-order valence-corrected chi connectivity index (χ4v) is 5.51. The van der Waals surface area contributed by atoms with Crippen LogP contribution in [0.25, 0.3) is 22.2 Å². The van der Waals surface area contributed by atoms with Gasteiger partial charge in [0.05, 0.1) is 29.5 Å². The third-order valence-corrected chi connectivity index (χ3v) is 7.63. The van der Waals surface area contributed by atoms with Gasteiger partial charge in [-0.3, -0.25) is 14.3 Å². The van der Waals surface area contributed by atoms with E-state index in [0.717, 1.165) is 22.8 Å². The second-order valence-electron chi connectivity index (χ2n) is 8.57. The highest BCUT2D eigenvalue weighted by Gasteiger charge is 2.26. The lowest BCUT2D eigenvalue weighted by Crippen LogP contribution is -2.36. The SMILES string of the molecule is CCCOc1ccc(S(=O)(=O)N(CCO)CCOC(C)=O)cc1-c1cc2c(CCC)nn(C)c2c(=O)[nH]1. The molecule has 0 saturated heterocycles. The summed E-state index contributed by atoms with van der Waals surface area (Å²) in [7, 11) is -2.36. The van der Waals surface area contributed by atoms with Crippen molar-refractivity contribution in [1.82, 2.24) is 19.1 Å². The normalized spacial score (nSPS) is 11.8. The second kappa shape index (κ2) is 12.3. The molecule has 0 aliphatic heterocycles. The zero-order valence-corrected chi connectivity index (χ0v) is 22.4. The molecule has 202 valence electrons. The van der Waals surface area contributed by atoms with Crippen molar-refractivity contribution >= 4 is 26.9 Å². The first kappa shape index (κ1) is 28.4. The molecule has 11 nitrogen and oxygen atoms in total. The molecular weight excluding hydrogens is 500 g/mol. The maximum Gasteiger partial charge on any atom is 0.302 e. The van der Waals surface area contributed by atoms with Gasteiger partial charge in [-0.05, 0) is 37.1 Å². The van der Waals surface area contributed by atoms with Gasteiger partial charge < -0.3 is 19.6 Å². The van der Waals surface area contributed by atoms with Crippen LogP contribution in [0.2, 0.25) is 0 Å². The monoisotopic (exact) mass is 534 g/mol. The van der Waals surface area contributed by atoms with Crippen molar-refractivity contribution in [2.45, 2.75) is 44.9 Å². The predicted molar refractivity (Wildman–Crippen MR) is 139 cm³/mol. The van der Waals surface area contributed by atoms with E-state index in [-0.39, 0.29) is 30.2 Å². The topological polar surface area (TPSA) is 144 Å². The summed E-state index contributed by atoms with van der Waals surface area (Å²) in [5, 5.41) is 14.6. The molecule has 3 rings (SSSR count). The van der Waals surface area contributed by atoms with Crippen LogP contribution in [0.4, 0.5) is 0 Å². The number of fused-ring (bicyclic) bond motifs is 1. The summed E-state index contributed by atoms with van der Waals surface area (Å²) in [6, 6.07) is 6.22. The summed E-state index contributed by atoms with van der Waals surface area (Å²) in [6.45, 7) is 4.76. The number of aromatic nitrogens is 3. The Morgan fingerprint density at radius 1 is 1.16 bits per heavy atom. The van der Waals surface area contributed by atoms with Crippen molar-refractivity contribution in [3.8, 4) is 17.0 Å². The number of nitrogens with one attached hydrogen (secondary N) is 1. The standard InChI is InChI=1S/C25H34N4O7S/c1-5-7-21-20-16-22(26-25(32)24(20)28(4)27-21)19-15-18(8-9-23(19)36-13-6-2)37(33,34)29(10-12-30)11-14-35-17(3)31/h8-9,15-16,30H,5-7,10-14H2,1-4H3,(H,26,32). The summed E-state index contributed by atoms with van der Waals surface area (Å²) in [5.74, 6) is -0.108. The molecule has 0 saturated carbocycles. The first-order chi connectivity index (χ1) is 17.6. The molecule has 0 aliphatic rings. The summed E-state index contributed by atoms with van der Waals surface area (Å²) in [4.78, 5) is 27.0. The van der Waals surface area contributed by atoms with E-state index in [9.17, 15) is 23.1 Å². The van der Waals surface area contributed by atoms with Gasteiger partial charge >= 0.3 is 5.97 Å². The van der Waals surface area contributed by atoms with Gasteiger partial charge in [-0.2, -0.15) is 9.40 Å². The third kappa shape index (κ3) is 6.38. The number of nitrogens with zero attached hydrogens (tertiary/aromatic N) is 3. The summed E-state index contributed by atoms with van der Waals surface area (Å²) < 4.78 is 40.3. The number of aliphatic hydroxyl groups excluding tert-OH is 1. The molecule has 0 unspecified atom stereocenters. The Labute approximate surface area is 216 Å². The minimum Gasteiger partial charge on any atom is -0.493 e. The minimum atomic E-state index is -4.08. The van der Waals surface area contributed by atoms with Gasteiger partial charge in [0, 0.05) is 38.0 Å². The highest BCUT2D eigenvalue weighted by atomic mass is 32.2. The van der Waals surface area contributed by atoms with E-state index in [1.807, 2.05) is 13.8 Å². The number of benzene rings is 1. The molecule has 0 radical (unpaired) electrons. The quantitative estimate of drug-likeness (QED) is 0.318. The number of pyridine rings is 1. The lowest BCUT2D eigenvalue weighted by atomic mass is 10.1. The van der Waals surface area contributed by atoms with Crippen LogP contribution in [-0.4, -0.2) is 71.5 Å². The van der Waals surface area contributed by atoms with Crippen LogP contribution < -0.4 is 10.3 Å². The number of aliphatic hydroxyl groups is 1. The van der Waals surface area contributed by atoms with Crippen molar-refractivity contribution in [2.75, 3.05) is 32.9 Å². The number of aryl methyl sites for hydroxylation is 2. The number of H-pyrrole nitrogens is 1. The fourth-order valence-electron chi connectivity index (χ4n) is 4.07. The number of esters is 1. The molecule has 12 heteroatoms. The van der Waals surface area contributed by atoms with Crippen LogP contribution in [0.5, 0.6) is 5.75 Å². The smallest absolute Gasteiger partial charge is 0.302 e. The van der Waals surface area contributed by atoms with Crippen molar-refractivity contribution in [2.24, 2.45) is 7.05 Å². The molecule has 2 heterocycles. The highest BCUT2D eigenvalue weighted by Crippen LogP contribution is 2.33. The van der Waals surface area contributed by atoms with Crippen LogP contribution in [0, 0.1) is 0 Å². The van der Waals surface area contributed by atoms with Crippen LogP contribution in [0.3, 0.4) is 0 Å². The number of ether oxygens (including phenoxy) is 2. The van der Waals surface area contributed by atoms with Gasteiger partial charge in [-0.15, -0.1) is 0 Å². The van der Waals surface area contributed by atoms with Crippen molar-refractivity contribution in [1.29, 1.82) is 0 Å². The molecule has 1 aromatic carbocycles. The number of rotatable bonds is 13. The molecule has 0 aliphatic carbocycles. The highest BCUT2D eigenvalue weighted by molar-refractivity contribution is 7.89. The molecule has 2 N–H and O–H groups in total. The molecule has 0 amide bonds. The summed E-state index contributed by atoms with van der Waals surface area (Å²) in [5.41, 5.74) is 1.68. The Bertz CT molecular complexity index is 1410. The van der Waals surface area contributed by atoms with Crippen LogP contribution in [0.1, 0.15) is 39.3 Å². The lowest BCUT2D eigenvalue weighted by molar-refractivity contribution is -0.141. The Hall–Kier alpha value is -3.22. The Kier molecular flexibility index (Phi) is 9.46. The Morgan fingerprint density at radius 3 is 2.57 bits per heavy atom. The molecular formula is C25H34N4O7S. The largest absolute Gasteiger partial charge is 0.493 e. The first-order valence-corrected chi connectivity index (χ1v) is 13.7. The number of sulfonamides is 1. The number of hydrogen-bond acceptors (Lipinski definition) is 8. The number of carbonyl (C=O) groups is 1.